The van der Waals surface area contributed by atoms with Gasteiger partial charge in [-0.1, -0.05) is 13.0 Å². The SMILES string of the molecule is CCC(F)(CN)Cc1ccc(F)c(Br)c1. The minimum Gasteiger partial charge on any atom is -0.328 e. The van der Waals surface area contributed by atoms with Gasteiger partial charge in [0.1, 0.15) is 11.5 Å². The van der Waals surface area contributed by atoms with Gasteiger partial charge in [-0.3, -0.25) is 0 Å². The van der Waals surface area contributed by atoms with E-state index in [0.29, 0.717) is 10.9 Å². The highest BCUT2D eigenvalue weighted by molar-refractivity contribution is 9.10. The lowest BCUT2D eigenvalue weighted by Crippen LogP contribution is -2.34. The molecule has 1 atom stereocenters. The van der Waals surface area contributed by atoms with Crippen LogP contribution in [0.4, 0.5) is 8.78 Å². The monoisotopic (exact) mass is 277 g/mol. The van der Waals surface area contributed by atoms with Gasteiger partial charge >= 0.3 is 0 Å². The van der Waals surface area contributed by atoms with Crippen LogP contribution in [0.3, 0.4) is 0 Å². The van der Waals surface area contributed by atoms with Crippen molar-refractivity contribution < 1.29 is 8.78 Å². The topological polar surface area (TPSA) is 26.0 Å². The van der Waals surface area contributed by atoms with Crippen LogP contribution in [-0.4, -0.2) is 12.2 Å². The molecular formula is C11H14BrF2N. The van der Waals surface area contributed by atoms with E-state index in [1.807, 2.05) is 0 Å². The van der Waals surface area contributed by atoms with Crippen LogP contribution >= 0.6 is 15.9 Å². The number of halogens is 3. The van der Waals surface area contributed by atoms with Crippen LogP contribution < -0.4 is 5.73 Å². The maximum atomic E-state index is 13.9. The summed E-state index contributed by atoms with van der Waals surface area (Å²) in [6.45, 7) is 1.74. The minimum absolute atomic E-state index is 0.0154. The van der Waals surface area contributed by atoms with Crippen LogP contribution in [0, 0.1) is 5.82 Å². The number of alkyl halides is 1. The summed E-state index contributed by atoms with van der Waals surface area (Å²) >= 11 is 3.07. The van der Waals surface area contributed by atoms with E-state index in [9.17, 15) is 8.78 Å². The van der Waals surface area contributed by atoms with E-state index >= 15 is 0 Å². The van der Waals surface area contributed by atoms with Crippen molar-refractivity contribution in [3.05, 3.63) is 34.1 Å². The maximum Gasteiger partial charge on any atom is 0.137 e. The fraction of sp³-hybridized carbons (Fsp3) is 0.455. The van der Waals surface area contributed by atoms with Gasteiger partial charge in [0.2, 0.25) is 0 Å². The summed E-state index contributed by atoms with van der Waals surface area (Å²) in [4.78, 5) is 0. The second-order valence-electron chi connectivity index (χ2n) is 3.63. The highest BCUT2D eigenvalue weighted by atomic mass is 79.9. The van der Waals surface area contributed by atoms with Crippen molar-refractivity contribution in [3.8, 4) is 0 Å². The van der Waals surface area contributed by atoms with E-state index in [1.54, 1.807) is 19.1 Å². The van der Waals surface area contributed by atoms with Gasteiger partial charge in [-0.25, -0.2) is 8.78 Å². The average Bonchev–Trinajstić information content (AvgIpc) is 2.23. The summed E-state index contributed by atoms with van der Waals surface area (Å²) in [6, 6.07) is 4.50. The van der Waals surface area contributed by atoms with Crippen molar-refractivity contribution in [2.75, 3.05) is 6.54 Å². The third-order valence-corrected chi connectivity index (χ3v) is 3.11. The number of hydrogen-bond donors (Lipinski definition) is 1. The normalized spacial score (nSPS) is 15.0. The zero-order valence-corrected chi connectivity index (χ0v) is 10.2. The molecule has 1 aromatic rings. The molecule has 1 unspecified atom stereocenters. The molecule has 0 bridgehead atoms. The maximum absolute atomic E-state index is 13.9. The van der Waals surface area contributed by atoms with Crippen molar-refractivity contribution in [2.45, 2.75) is 25.4 Å². The fourth-order valence-electron chi connectivity index (χ4n) is 1.36. The molecule has 15 heavy (non-hydrogen) atoms. The molecule has 0 aliphatic heterocycles. The van der Waals surface area contributed by atoms with E-state index in [-0.39, 0.29) is 18.8 Å². The van der Waals surface area contributed by atoms with Crippen molar-refractivity contribution in [2.24, 2.45) is 5.73 Å². The highest BCUT2D eigenvalue weighted by Crippen LogP contribution is 2.24. The molecule has 1 nitrogen and oxygen atoms in total. The van der Waals surface area contributed by atoms with Crippen LogP contribution in [-0.2, 0) is 6.42 Å². The molecule has 1 rings (SSSR count). The van der Waals surface area contributed by atoms with E-state index in [2.05, 4.69) is 15.9 Å². The summed E-state index contributed by atoms with van der Waals surface area (Å²) in [5.74, 6) is -0.340. The largest absolute Gasteiger partial charge is 0.328 e. The lowest BCUT2D eigenvalue weighted by molar-refractivity contribution is 0.167. The van der Waals surface area contributed by atoms with Crippen molar-refractivity contribution in [1.82, 2.24) is 0 Å². The van der Waals surface area contributed by atoms with Gasteiger partial charge in [-0.05, 0) is 40.0 Å². The first-order valence-corrected chi connectivity index (χ1v) is 5.63. The molecule has 0 aromatic heterocycles. The quantitative estimate of drug-likeness (QED) is 0.899. The van der Waals surface area contributed by atoms with Gasteiger partial charge in [-0.15, -0.1) is 0 Å². The number of benzene rings is 1. The third kappa shape index (κ3) is 3.24. The van der Waals surface area contributed by atoms with Crippen LogP contribution in [0.5, 0.6) is 0 Å². The lowest BCUT2D eigenvalue weighted by Gasteiger charge is -2.21. The lowest BCUT2D eigenvalue weighted by atomic mass is 9.94. The zero-order chi connectivity index (χ0) is 11.5. The van der Waals surface area contributed by atoms with Gasteiger partial charge in [0.25, 0.3) is 0 Å². The molecule has 2 N–H and O–H groups in total. The summed E-state index contributed by atoms with van der Waals surface area (Å²) in [7, 11) is 0. The van der Waals surface area contributed by atoms with Gasteiger partial charge in [0.15, 0.2) is 0 Å². The molecular weight excluding hydrogens is 264 g/mol. The molecule has 0 amide bonds. The van der Waals surface area contributed by atoms with Gasteiger partial charge < -0.3 is 5.73 Å². The summed E-state index contributed by atoms with van der Waals surface area (Å²) in [5, 5.41) is 0. The molecule has 0 saturated carbocycles. The summed E-state index contributed by atoms with van der Waals surface area (Å²) in [6.07, 6.45) is 0.581. The minimum atomic E-state index is -1.39. The molecule has 1 aromatic carbocycles. The Labute approximate surface area is 96.8 Å². The molecule has 0 aliphatic rings. The summed E-state index contributed by atoms with van der Waals surface area (Å²) < 4.78 is 27.2. The van der Waals surface area contributed by atoms with E-state index in [1.165, 1.54) is 6.07 Å². The summed E-state index contributed by atoms with van der Waals surface area (Å²) in [5.41, 5.74) is 4.73. The molecule has 0 fully saturated rings. The van der Waals surface area contributed by atoms with Crippen molar-refractivity contribution in [3.63, 3.8) is 0 Å². The molecule has 0 aliphatic carbocycles. The first-order valence-electron chi connectivity index (χ1n) is 4.83. The predicted molar refractivity (Wildman–Crippen MR) is 61.0 cm³/mol. The highest BCUT2D eigenvalue weighted by Gasteiger charge is 2.25. The Kier molecular flexibility index (Phi) is 4.22. The Morgan fingerprint density at radius 1 is 1.47 bits per heavy atom. The number of hydrogen-bond acceptors (Lipinski definition) is 1. The fourth-order valence-corrected chi connectivity index (χ4v) is 1.78. The average molecular weight is 278 g/mol. The molecule has 0 heterocycles. The number of rotatable bonds is 4. The molecule has 0 radical (unpaired) electrons. The van der Waals surface area contributed by atoms with Crippen LogP contribution in [0.2, 0.25) is 0 Å². The number of nitrogens with two attached hydrogens (primary N) is 1. The second kappa shape index (κ2) is 5.03. The van der Waals surface area contributed by atoms with Crippen LogP contribution in [0.25, 0.3) is 0 Å². The van der Waals surface area contributed by atoms with Crippen molar-refractivity contribution in [1.29, 1.82) is 0 Å². The standard InChI is InChI=1S/C11H14BrF2N/c1-2-11(14,7-15)6-8-3-4-10(13)9(12)5-8/h3-5H,2,6-7,15H2,1H3. The van der Waals surface area contributed by atoms with E-state index in [0.717, 1.165) is 5.56 Å². The zero-order valence-electron chi connectivity index (χ0n) is 8.56. The van der Waals surface area contributed by atoms with E-state index < -0.39 is 5.67 Å². The Morgan fingerprint density at radius 2 is 2.13 bits per heavy atom. The Hall–Kier alpha value is -0.480. The molecule has 84 valence electrons. The van der Waals surface area contributed by atoms with Gasteiger partial charge in [0, 0.05) is 13.0 Å². The Morgan fingerprint density at radius 3 is 2.60 bits per heavy atom. The smallest absolute Gasteiger partial charge is 0.137 e. The van der Waals surface area contributed by atoms with E-state index in [4.69, 9.17) is 5.73 Å². The second-order valence-corrected chi connectivity index (χ2v) is 4.49. The van der Waals surface area contributed by atoms with Crippen molar-refractivity contribution >= 4 is 15.9 Å². The predicted octanol–water partition coefficient (Wildman–Crippen LogP) is 3.21. The van der Waals surface area contributed by atoms with Gasteiger partial charge in [-0.2, -0.15) is 0 Å². The Balaban J connectivity index is 2.85. The molecule has 4 heteroatoms. The van der Waals surface area contributed by atoms with Crippen LogP contribution in [0.15, 0.2) is 22.7 Å². The molecule has 0 saturated heterocycles. The Bertz CT molecular complexity index is 337. The first kappa shape index (κ1) is 12.6. The van der Waals surface area contributed by atoms with Crippen LogP contribution in [0.1, 0.15) is 18.9 Å². The van der Waals surface area contributed by atoms with Gasteiger partial charge in [0.05, 0.1) is 4.47 Å². The third-order valence-electron chi connectivity index (χ3n) is 2.50. The first-order chi connectivity index (χ1) is 7.00. The molecule has 0 spiro atoms.